The predicted octanol–water partition coefficient (Wildman–Crippen LogP) is 3.40. The molecule has 0 unspecified atom stereocenters. The average molecular weight is 352 g/mol. The number of nitrogens with zero attached hydrogens (tertiary/aromatic N) is 1. The molecule has 0 aliphatic rings. The predicted molar refractivity (Wildman–Crippen MR) is 91.6 cm³/mol. The van der Waals surface area contributed by atoms with Crippen LogP contribution in [0.2, 0.25) is 0 Å². The summed E-state index contributed by atoms with van der Waals surface area (Å²) in [7, 11) is 0. The van der Waals surface area contributed by atoms with Gasteiger partial charge in [0.1, 0.15) is 11.6 Å². The number of nitrogens with one attached hydrogen (secondary N) is 1. The minimum absolute atomic E-state index is 0.110. The third-order valence-corrected chi connectivity index (χ3v) is 3.30. The monoisotopic (exact) mass is 352 g/mol. The molecule has 3 rings (SSSR count). The molecule has 0 saturated heterocycles. The van der Waals surface area contributed by atoms with Crippen molar-refractivity contribution < 1.29 is 23.1 Å². The van der Waals surface area contributed by atoms with Gasteiger partial charge < -0.3 is 9.15 Å². The van der Waals surface area contributed by atoms with Gasteiger partial charge in [-0.3, -0.25) is 4.79 Å². The van der Waals surface area contributed by atoms with Gasteiger partial charge in [0, 0.05) is 5.56 Å². The number of carbonyl (C=O) groups is 2. The number of esters is 1. The Balaban J connectivity index is 1.55. The topological polar surface area (TPSA) is 80.9 Å². The number of halogens is 1. The molecule has 0 aliphatic carbocycles. The van der Waals surface area contributed by atoms with Gasteiger partial charge in [-0.05, 0) is 66.2 Å². The maximum absolute atomic E-state index is 12.8. The van der Waals surface area contributed by atoms with Crippen molar-refractivity contribution in [1.29, 1.82) is 0 Å². The molecule has 26 heavy (non-hydrogen) atoms. The van der Waals surface area contributed by atoms with E-state index in [9.17, 15) is 14.0 Å². The molecular formula is C19H13FN2O4. The van der Waals surface area contributed by atoms with E-state index in [-0.39, 0.29) is 5.76 Å². The van der Waals surface area contributed by atoms with Crippen molar-refractivity contribution in [1.82, 2.24) is 5.43 Å². The van der Waals surface area contributed by atoms with E-state index < -0.39 is 17.7 Å². The van der Waals surface area contributed by atoms with Crippen LogP contribution in [0.1, 0.15) is 26.5 Å². The quantitative estimate of drug-likeness (QED) is 0.330. The van der Waals surface area contributed by atoms with E-state index in [0.717, 1.165) is 0 Å². The summed E-state index contributed by atoms with van der Waals surface area (Å²) in [6.45, 7) is 0. The van der Waals surface area contributed by atoms with Crippen molar-refractivity contribution in [3.8, 4) is 5.75 Å². The van der Waals surface area contributed by atoms with Gasteiger partial charge >= 0.3 is 5.97 Å². The van der Waals surface area contributed by atoms with Crippen molar-refractivity contribution in [2.24, 2.45) is 5.10 Å². The second kappa shape index (κ2) is 7.89. The number of furan rings is 1. The Morgan fingerprint density at radius 3 is 2.42 bits per heavy atom. The Bertz CT molecular complexity index is 917. The Hall–Kier alpha value is -3.74. The van der Waals surface area contributed by atoms with E-state index in [1.807, 2.05) is 0 Å². The SMILES string of the molecule is O=C(N/N=C\c1ccc(OC(=O)c2ccco2)cc1)c1ccc(F)cc1. The Kier molecular flexibility index (Phi) is 5.19. The highest BCUT2D eigenvalue weighted by Crippen LogP contribution is 2.14. The Morgan fingerprint density at radius 1 is 1.04 bits per heavy atom. The minimum atomic E-state index is -0.594. The van der Waals surface area contributed by atoms with Gasteiger partial charge in [0.15, 0.2) is 0 Å². The van der Waals surface area contributed by atoms with E-state index in [1.54, 1.807) is 30.3 Å². The lowest BCUT2D eigenvalue weighted by atomic mass is 10.2. The fraction of sp³-hybridized carbons (Fsp3) is 0. The molecule has 7 heteroatoms. The third-order valence-electron chi connectivity index (χ3n) is 3.30. The van der Waals surface area contributed by atoms with Crippen molar-refractivity contribution in [2.75, 3.05) is 0 Å². The highest BCUT2D eigenvalue weighted by Gasteiger charge is 2.10. The first-order valence-corrected chi connectivity index (χ1v) is 7.56. The molecule has 6 nitrogen and oxygen atoms in total. The van der Waals surface area contributed by atoms with E-state index in [1.165, 1.54) is 42.8 Å². The van der Waals surface area contributed by atoms with Gasteiger partial charge in [-0.15, -0.1) is 0 Å². The maximum Gasteiger partial charge on any atom is 0.379 e. The molecule has 1 amide bonds. The zero-order chi connectivity index (χ0) is 18.4. The van der Waals surface area contributed by atoms with Crippen LogP contribution in [0.25, 0.3) is 0 Å². The van der Waals surface area contributed by atoms with Crippen LogP contribution in [0.4, 0.5) is 4.39 Å². The average Bonchev–Trinajstić information content (AvgIpc) is 3.18. The standard InChI is InChI=1S/C19H13FN2O4/c20-15-7-5-14(6-8-15)18(23)22-21-12-13-3-9-16(10-4-13)26-19(24)17-2-1-11-25-17/h1-12H,(H,22,23)/b21-12-. The largest absolute Gasteiger partial charge is 0.457 e. The van der Waals surface area contributed by atoms with E-state index >= 15 is 0 Å². The van der Waals surface area contributed by atoms with Crippen LogP contribution in [0.15, 0.2) is 76.4 Å². The number of amides is 1. The minimum Gasteiger partial charge on any atom is -0.457 e. The number of hydrazone groups is 1. The molecule has 0 radical (unpaired) electrons. The van der Waals surface area contributed by atoms with Crippen molar-refractivity contribution in [2.45, 2.75) is 0 Å². The molecule has 0 saturated carbocycles. The van der Waals surface area contributed by atoms with Crippen LogP contribution >= 0.6 is 0 Å². The zero-order valence-electron chi connectivity index (χ0n) is 13.4. The number of ether oxygens (including phenoxy) is 1. The Labute approximate surface area is 147 Å². The fourth-order valence-corrected chi connectivity index (χ4v) is 2.01. The summed E-state index contributed by atoms with van der Waals surface area (Å²) < 4.78 is 22.9. The zero-order valence-corrected chi connectivity index (χ0v) is 13.4. The number of benzene rings is 2. The number of hydrogen-bond acceptors (Lipinski definition) is 5. The van der Waals surface area contributed by atoms with Crippen LogP contribution in [-0.2, 0) is 0 Å². The number of carbonyl (C=O) groups excluding carboxylic acids is 2. The first-order valence-electron chi connectivity index (χ1n) is 7.56. The highest BCUT2D eigenvalue weighted by atomic mass is 19.1. The van der Waals surface area contributed by atoms with E-state index in [0.29, 0.717) is 16.9 Å². The summed E-state index contributed by atoms with van der Waals surface area (Å²) >= 11 is 0. The summed E-state index contributed by atoms with van der Waals surface area (Å²) in [5.74, 6) is -1.01. The summed E-state index contributed by atoms with van der Waals surface area (Å²) in [5.41, 5.74) is 3.32. The van der Waals surface area contributed by atoms with Crippen LogP contribution in [-0.4, -0.2) is 18.1 Å². The fourth-order valence-electron chi connectivity index (χ4n) is 2.01. The second-order valence-electron chi connectivity index (χ2n) is 5.14. The summed E-state index contributed by atoms with van der Waals surface area (Å²) in [5, 5.41) is 3.83. The number of rotatable bonds is 5. The van der Waals surface area contributed by atoms with Gasteiger partial charge in [0.05, 0.1) is 12.5 Å². The molecule has 0 spiro atoms. The van der Waals surface area contributed by atoms with Gasteiger partial charge in [-0.25, -0.2) is 14.6 Å². The van der Waals surface area contributed by atoms with E-state index in [2.05, 4.69) is 10.5 Å². The molecule has 0 atom stereocenters. The molecule has 130 valence electrons. The normalized spacial score (nSPS) is 10.7. The van der Waals surface area contributed by atoms with Gasteiger partial charge in [-0.2, -0.15) is 5.10 Å². The molecule has 1 N–H and O–H groups in total. The van der Waals surface area contributed by atoms with Crippen LogP contribution in [0.5, 0.6) is 5.75 Å². The van der Waals surface area contributed by atoms with Crippen molar-refractivity contribution in [3.63, 3.8) is 0 Å². The molecule has 3 aromatic rings. The molecule has 1 heterocycles. The van der Waals surface area contributed by atoms with Gasteiger partial charge in [0.2, 0.25) is 5.76 Å². The van der Waals surface area contributed by atoms with Crippen LogP contribution < -0.4 is 10.2 Å². The summed E-state index contributed by atoms with van der Waals surface area (Å²) in [6, 6.07) is 14.7. The summed E-state index contributed by atoms with van der Waals surface area (Å²) in [4.78, 5) is 23.6. The molecule has 2 aromatic carbocycles. The smallest absolute Gasteiger partial charge is 0.379 e. The lowest BCUT2D eigenvalue weighted by molar-refractivity contribution is 0.0701. The maximum atomic E-state index is 12.8. The van der Waals surface area contributed by atoms with Crippen molar-refractivity contribution >= 4 is 18.1 Å². The molecular weight excluding hydrogens is 339 g/mol. The first kappa shape index (κ1) is 17.1. The lowest BCUT2D eigenvalue weighted by Crippen LogP contribution is -2.17. The first-order chi connectivity index (χ1) is 12.6. The van der Waals surface area contributed by atoms with Crippen LogP contribution in [0, 0.1) is 5.82 Å². The van der Waals surface area contributed by atoms with Crippen molar-refractivity contribution in [3.05, 3.63) is 89.6 Å². The van der Waals surface area contributed by atoms with Crippen LogP contribution in [0.3, 0.4) is 0 Å². The lowest BCUT2D eigenvalue weighted by Gasteiger charge is -2.02. The molecule has 0 fully saturated rings. The molecule has 0 bridgehead atoms. The molecule has 1 aromatic heterocycles. The van der Waals surface area contributed by atoms with Gasteiger partial charge in [0.25, 0.3) is 5.91 Å². The third kappa shape index (κ3) is 4.41. The summed E-state index contributed by atoms with van der Waals surface area (Å²) in [6.07, 6.45) is 2.82. The van der Waals surface area contributed by atoms with Gasteiger partial charge in [-0.1, -0.05) is 0 Å². The number of hydrogen-bond donors (Lipinski definition) is 1. The van der Waals surface area contributed by atoms with E-state index in [4.69, 9.17) is 9.15 Å². The Morgan fingerprint density at radius 2 is 1.77 bits per heavy atom. The highest BCUT2D eigenvalue weighted by molar-refractivity contribution is 5.94. The molecule has 0 aliphatic heterocycles. The second-order valence-corrected chi connectivity index (χ2v) is 5.14.